The molecule has 0 unspecified atom stereocenters. The third kappa shape index (κ3) is 1.66. The summed E-state index contributed by atoms with van der Waals surface area (Å²) >= 11 is 0. The standard InChI is InChI=1S/C20H24O2/c1-3-20(22)11-9-18-17-6-4-13-12-14(21)5-7-15(13)16(17)8-10-19(18,20)2/h1,5,7,12,16-18,21-22H,4,6,8-11H2,2H3/t16-,17-,18+,19+,20+/m1/s1/i5+1,7+1,12+1,14+1. The molecule has 4 rings (SSSR count). The Balaban J connectivity index is 1.72. The number of phenolic OH excluding ortho intramolecular Hbond substituents is 1. The zero-order valence-corrected chi connectivity index (χ0v) is 13.2. The summed E-state index contributed by atoms with van der Waals surface area (Å²) in [5.74, 6) is 4.82. The van der Waals surface area contributed by atoms with Gasteiger partial charge in [-0.3, -0.25) is 0 Å². The van der Waals surface area contributed by atoms with Crippen molar-refractivity contribution >= 4 is 0 Å². The SMILES string of the molecule is C#C[C@]1(O)CC[C@H]2[C@@H]3CCc4[13cH][13c](O)[13cH][13cH]c4[C@H]3CC[C@@]21C. The largest absolute Gasteiger partial charge is 0.508 e. The first-order valence-electron chi connectivity index (χ1n) is 8.50. The zero-order chi connectivity index (χ0) is 15.5. The molecule has 0 amide bonds. The van der Waals surface area contributed by atoms with E-state index < -0.39 is 5.60 Å². The molecule has 5 atom stereocenters. The zero-order valence-electron chi connectivity index (χ0n) is 13.2. The van der Waals surface area contributed by atoms with Crippen LogP contribution in [-0.4, -0.2) is 15.8 Å². The highest BCUT2D eigenvalue weighted by molar-refractivity contribution is 5.40. The Labute approximate surface area is 132 Å². The van der Waals surface area contributed by atoms with E-state index in [1.807, 2.05) is 12.1 Å². The average Bonchev–Trinajstić information content (AvgIpc) is 2.79. The molecule has 3 aliphatic rings. The molecule has 2 N–H and O–H groups in total. The number of benzene rings is 1. The van der Waals surface area contributed by atoms with E-state index >= 15 is 0 Å². The van der Waals surface area contributed by atoms with Gasteiger partial charge >= 0.3 is 0 Å². The molecule has 3 aliphatic carbocycles. The number of aliphatic hydroxyl groups is 1. The lowest BCUT2D eigenvalue weighted by molar-refractivity contribution is -0.0646. The lowest BCUT2D eigenvalue weighted by Gasteiger charge is -2.52. The number of phenols is 1. The van der Waals surface area contributed by atoms with Crippen molar-refractivity contribution in [2.24, 2.45) is 17.3 Å². The molecule has 2 fully saturated rings. The van der Waals surface area contributed by atoms with Gasteiger partial charge in [0.1, 0.15) is 11.4 Å². The fourth-order valence-corrected chi connectivity index (χ4v) is 5.82. The molecule has 0 heterocycles. The van der Waals surface area contributed by atoms with Crippen LogP contribution >= 0.6 is 0 Å². The minimum Gasteiger partial charge on any atom is -0.508 e. The van der Waals surface area contributed by atoms with E-state index in [0.717, 1.165) is 38.5 Å². The van der Waals surface area contributed by atoms with Crippen LogP contribution in [0.2, 0.25) is 0 Å². The molecule has 0 aromatic heterocycles. The lowest BCUT2D eigenvalue weighted by atomic mass is 9.54. The van der Waals surface area contributed by atoms with E-state index in [-0.39, 0.29) is 5.41 Å². The highest BCUT2D eigenvalue weighted by Gasteiger charge is 2.61. The second kappa shape index (κ2) is 4.52. The molecule has 0 spiro atoms. The number of hydrogen-bond acceptors (Lipinski definition) is 2. The van der Waals surface area contributed by atoms with Crippen LogP contribution in [0.5, 0.6) is 5.75 Å². The maximum atomic E-state index is 10.9. The van der Waals surface area contributed by atoms with E-state index in [1.165, 1.54) is 11.1 Å². The molecule has 0 saturated heterocycles. The van der Waals surface area contributed by atoms with E-state index in [9.17, 15) is 10.2 Å². The fraction of sp³-hybridized carbons (Fsp3) is 0.600. The van der Waals surface area contributed by atoms with Gasteiger partial charge in [0.25, 0.3) is 0 Å². The third-order valence-electron chi connectivity index (χ3n) is 7.10. The second-order valence-corrected chi connectivity index (χ2v) is 7.80. The summed E-state index contributed by atoms with van der Waals surface area (Å²) in [6.45, 7) is 2.22. The summed E-state index contributed by atoms with van der Waals surface area (Å²) in [6, 6.07) is 5.87. The Morgan fingerprint density at radius 2 is 2.05 bits per heavy atom. The minimum atomic E-state index is -0.919. The summed E-state index contributed by atoms with van der Waals surface area (Å²) in [5.41, 5.74) is 1.69. The second-order valence-electron chi connectivity index (χ2n) is 7.80. The van der Waals surface area contributed by atoms with E-state index in [1.54, 1.807) is 0 Å². The van der Waals surface area contributed by atoms with Gasteiger partial charge in [-0.25, -0.2) is 0 Å². The van der Waals surface area contributed by atoms with Crippen molar-refractivity contribution in [2.45, 2.75) is 57.0 Å². The summed E-state index contributed by atoms with van der Waals surface area (Å²) in [6.07, 6.45) is 11.8. The van der Waals surface area contributed by atoms with Gasteiger partial charge in [-0.05, 0) is 79.5 Å². The number of aryl methyl sites for hydroxylation is 1. The number of fused-ring (bicyclic) bond motifs is 5. The fourth-order valence-electron chi connectivity index (χ4n) is 5.82. The summed E-state index contributed by atoms with van der Waals surface area (Å²) in [7, 11) is 0. The number of hydrogen-bond donors (Lipinski definition) is 2. The Hall–Kier alpha value is -1.46. The van der Waals surface area contributed by atoms with Crippen LogP contribution in [0.3, 0.4) is 0 Å². The lowest BCUT2D eigenvalue weighted by Crippen LogP contribution is -2.50. The van der Waals surface area contributed by atoms with Gasteiger partial charge in [-0.15, -0.1) is 6.42 Å². The van der Waals surface area contributed by atoms with Crippen LogP contribution in [0.15, 0.2) is 18.2 Å². The Bertz CT molecular complexity index is 658. The normalized spacial score (nSPS) is 42.9. The van der Waals surface area contributed by atoms with Gasteiger partial charge in [0.15, 0.2) is 0 Å². The topological polar surface area (TPSA) is 40.5 Å². The predicted molar refractivity (Wildman–Crippen MR) is 86.5 cm³/mol. The molecule has 2 heteroatoms. The van der Waals surface area contributed by atoms with Crippen LogP contribution in [0.1, 0.15) is 56.1 Å². The van der Waals surface area contributed by atoms with Crippen LogP contribution in [-0.2, 0) is 6.42 Å². The number of terminal acetylenes is 1. The molecular formula is C20H24O2. The average molecular weight is 300 g/mol. The maximum absolute atomic E-state index is 10.9. The van der Waals surface area contributed by atoms with E-state index in [0.29, 0.717) is 23.5 Å². The molecule has 2 saturated carbocycles. The smallest absolute Gasteiger partial charge is 0.130 e. The van der Waals surface area contributed by atoms with Crippen molar-refractivity contribution in [3.63, 3.8) is 0 Å². The molecule has 0 bridgehead atoms. The quantitative estimate of drug-likeness (QED) is 0.719. The summed E-state index contributed by atoms with van der Waals surface area (Å²) in [4.78, 5) is 0. The van der Waals surface area contributed by atoms with E-state index in [2.05, 4.69) is 18.9 Å². The van der Waals surface area contributed by atoms with Crippen molar-refractivity contribution < 1.29 is 10.2 Å². The first kappa shape index (κ1) is 14.2. The first-order chi connectivity index (χ1) is 10.5. The first-order valence-corrected chi connectivity index (χ1v) is 8.50. The molecule has 116 valence electrons. The Morgan fingerprint density at radius 3 is 2.82 bits per heavy atom. The third-order valence-corrected chi connectivity index (χ3v) is 7.10. The monoisotopic (exact) mass is 300 g/mol. The highest BCUT2D eigenvalue weighted by Crippen LogP contribution is 2.64. The van der Waals surface area contributed by atoms with Crippen molar-refractivity contribution in [1.82, 2.24) is 0 Å². The molecular weight excluding hydrogens is 276 g/mol. The van der Waals surface area contributed by atoms with Crippen molar-refractivity contribution in [1.29, 1.82) is 0 Å². The van der Waals surface area contributed by atoms with Gasteiger partial charge in [-0.2, -0.15) is 0 Å². The molecule has 1 aromatic carbocycles. The number of rotatable bonds is 0. The van der Waals surface area contributed by atoms with Crippen molar-refractivity contribution in [3.05, 3.63) is 29.3 Å². The molecule has 0 radical (unpaired) electrons. The summed E-state index contributed by atoms with van der Waals surface area (Å²) in [5, 5.41) is 20.6. The van der Waals surface area contributed by atoms with Crippen LogP contribution < -0.4 is 0 Å². The van der Waals surface area contributed by atoms with E-state index in [4.69, 9.17) is 6.42 Å². The van der Waals surface area contributed by atoms with Gasteiger partial charge in [-0.1, -0.05) is 18.9 Å². The van der Waals surface area contributed by atoms with Gasteiger partial charge < -0.3 is 10.2 Å². The predicted octanol–water partition coefficient (Wildman–Crippen LogP) is 3.61. The summed E-state index contributed by atoms with van der Waals surface area (Å²) < 4.78 is 0. The van der Waals surface area contributed by atoms with Crippen LogP contribution in [0.4, 0.5) is 0 Å². The highest BCUT2D eigenvalue weighted by atomic mass is 16.3. The Kier molecular flexibility index (Phi) is 2.91. The van der Waals surface area contributed by atoms with Crippen LogP contribution in [0.25, 0.3) is 0 Å². The molecule has 1 aromatic rings. The number of aromatic hydroxyl groups is 1. The Morgan fingerprint density at radius 1 is 1.23 bits per heavy atom. The minimum absolute atomic E-state index is 0.128. The van der Waals surface area contributed by atoms with Gasteiger partial charge in [0, 0.05) is 5.41 Å². The van der Waals surface area contributed by atoms with Crippen molar-refractivity contribution in [3.8, 4) is 18.1 Å². The van der Waals surface area contributed by atoms with Gasteiger partial charge in [0.2, 0.25) is 0 Å². The molecule has 0 aliphatic heterocycles. The van der Waals surface area contributed by atoms with Crippen LogP contribution in [0, 0.1) is 29.6 Å². The molecule has 2 nitrogen and oxygen atoms in total. The van der Waals surface area contributed by atoms with Gasteiger partial charge in [0.05, 0.1) is 0 Å². The van der Waals surface area contributed by atoms with Crippen molar-refractivity contribution in [2.75, 3.05) is 0 Å². The maximum Gasteiger partial charge on any atom is 0.130 e. The molecule has 22 heavy (non-hydrogen) atoms.